The predicted molar refractivity (Wildman–Crippen MR) is 85.3 cm³/mol. The highest BCUT2D eigenvalue weighted by atomic mass is 16.6. The fourth-order valence-electron chi connectivity index (χ4n) is 2.55. The molecule has 0 bridgehead atoms. The van der Waals surface area contributed by atoms with Crippen LogP contribution >= 0.6 is 0 Å². The number of amides is 1. The van der Waals surface area contributed by atoms with Gasteiger partial charge in [0.1, 0.15) is 18.2 Å². The van der Waals surface area contributed by atoms with Crippen molar-refractivity contribution in [3.05, 3.63) is 11.6 Å². The molecule has 1 fully saturated rings. The van der Waals surface area contributed by atoms with Crippen LogP contribution in [0.1, 0.15) is 41.0 Å². The van der Waals surface area contributed by atoms with E-state index in [1.54, 1.807) is 6.07 Å². The number of carbonyl (C=O) groups excluding carboxylic acids is 2. The van der Waals surface area contributed by atoms with Crippen LogP contribution in [0.15, 0.2) is 11.6 Å². The maximum Gasteiger partial charge on any atom is 0.408 e. The van der Waals surface area contributed by atoms with Crippen molar-refractivity contribution in [2.75, 3.05) is 13.2 Å². The van der Waals surface area contributed by atoms with Gasteiger partial charge >= 0.3 is 12.1 Å². The molecule has 6 nitrogen and oxygen atoms in total. The van der Waals surface area contributed by atoms with Gasteiger partial charge in [-0.15, -0.1) is 0 Å². The minimum absolute atomic E-state index is 0.222. The summed E-state index contributed by atoms with van der Waals surface area (Å²) in [6.45, 7) is 9.21. The third kappa shape index (κ3) is 5.59. The van der Waals surface area contributed by atoms with Gasteiger partial charge in [0.25, 0.3) is 0 Å². The summed E-state index contributed by atoms with van der Waals surface area (Å²) in [5.74, 6) is 1.09. The second-order valence-electron chi connectivity index (χ2n) is 6.67. The fourth-order valence-corrected chi connectivity index (χ4v) is 2.55. The molecule has 1 aliphatic carbocycles. The number of hydrogen-bond donors (Lipinski definition) is 1. The average Bonchev–Trinajstić information content (AvgIpc) is 3.25. The zero-order chi connectivity index (χ0) is 17.6. The van der Waals surface area contributed by atoms with Crippen LogP contribution in [0.25, 0.3) is 0 Å². The van der Waals surface area contributed by atoms with Crippen LogP contribution in [0.2, 0.25) is 0 Å². The van der Waals surface area contributed by atoms with Crippen molar-refractivity contribution in [2.24, 2.45) is 17.8 Å². The molecule has 0 radical (unpaired) electrons. The average molecular weight is 322 g/mol. The number of hydrogen-bond acceptors (Lipinski definition) is 5. The minimum Gasteiger partial charge on any atom is -0.449 e. The Morgan fingerprint density at radius 1 is 1.39 bits per heavy atom. The topological polar surface area (TPSA) is 88.4 Å². The third-order valence-electron chi connectivity index (χ3n) is 4.11. The molecule has 2 atom stereocenters. The Labute approximate surface area is 137 Å². The summed E-state index contributed by atoms with van der Waals surface area (Å²) in [5, 5.41) is 10.9. The van der Waals surface area contributed by atoms with Gasteiger partial charge in [-0.2, -0.15) is 5.26 Å². The van der Waals surface area contributed by atoms with Crippen LogP contribution < -0.4 is 5.32 Å². The summed E-state index contributed by atoms with van der Waals surface area (Å²) in [7, 11) is 0. The Hall–Kier alpha value is -2.03. The molecule has 1 saturated carbocycles. The SMILES string of the molecule is CC=C(COC(=O)NC(C)(C)C(=O)OCC#N)C1C[C@H]1C(C)C. The lowest BCUT2D eigenvalue weighted by atomic mass is 10.0. The zero-order valence-electron chi connectivity index (χ0n) is 14.5. The van der Waals surface area contributed by atoms with Crippen LogP contribution in [0.3, 0.4) is 0 Å². The lowest BCUT2D eigenvalue weighted by Gasteiger charge is -2.23. The summed E-state index contributed by atoms with van der Waals surface area (Å²) >= 11 is 0. The van der Waals surface area contributed by atoms with Gasteiger partial charge in [-0.1, -0.05) is 19.9 Å². The molecule has 0 spiro atoms. The van der Waals surface area contributed by atoms with E-state index in [2.05, 4.69) is 19.2 Å². The van der Waals surface area contributed by atoms with E-state index in [4.69, 9.17) is 14.7 Å². The van der Waals surface area contributed by atoms with E-state index in [0.29, 0.717) is 17.8 Å². The van der Waals surface area contributed by atoms with Gasteiger partial charge < -0.3 is 14.8 Å². The summed E-state index contributed by atoms with van der Waals surface area (Å²) in [6.07, 6.45) is 2.45. The largest absolute Gasteiger partial charge is 0.449 e. The van der Waals surface area contributed by atoms with Crippen molar-refractivity contribution >= 4 is 12.1 Å². The maximum atomic E-state index is 11.9. The summed E-state index contributed by atoms with van der Waals surface area (Å²) in [6, 6.07) is 1.71. The number of rotatable bonds is 7. The Kier molecular flexibility index (Phi) is 6.62. The van der Waals surface area contributed by atoms with Gasteiger partial charge in [0.15, 0.2) is 6.61 Å². The molecule has 6 heteroatoms. The molecule has 0 saturated heterocycles. The molecule has 0 aromatic carbocycles. The number of nitrogens with one attached hydrogen (secondary N) is 1. The van der Waals surface area contributed by atoms with E-state index in [1.165, 1.54) is 13.8 Å². The number of allylic oxidation sites excluding steroid dienone is 1. The first-order chi connectivity index (χ1) is 10.7. The van der Waals surface area contributed by atoms with E-state index in [9.17, 15) is 9.59 Å². The number of ether oxygens (including phenoxy) is 2. The minimum atomic E-state index is -1.25. The lowest BCUT2D eigenvalue weighted by molar-refractivity contribution is -0.148. The van der Waals surface area contributed by atoms with Crippen LogP contribution in [0, 0.1) is 29.1 Å². The molecule has 0 aromatic rings. The van der Waals surface area contributed by atoms with Crippen molar-refractivity contribution in [1.29, 1.82) is 5.26 Å². The van der Waals surface area contributed by atoms with Crippen molar-refractivity contribution < 1.29 is 19.1 Å². The molecule has 1 aliphatic rings. The van der Waals surface area contributed by atoms with Gasteiger partial charge in [-0.3, -0.25) is 0 Å². The lowest BCUT2D eigenvalue weighted by Crippen LogP contribution is -2.50. The maximum absolute atomic E-state index is 11.9. The molecule has 1 rings (SSSR count). The number of esters is 1. The normalized spacial score (nSPS) is 20.7. The number of nitriles is 1. The summed E-state index contributed by atoms with van der Waals surface area (Å²) in [4.78, 5) is 23.6. The molecular formula is C17H26N2O4. The third-order valence-corrected chi connectivity index (χ3v) is 4.11. The number of carbonyl (C=O) groups is 2. The smallest absolute Gasteiger partial charge is 0.408 e. The Bertz CT molecular complexity index is 517. The Morgan fingerprint density at radius 3 is 2.52 bits per heavy atom. The fraction of sp³-hybridized carbons (Fsp3) is 0.706. The van der Waals surface area contributed by atoms with E-state index >= 15 is 0 Å². The zero-order valence-corrected chi connectivity index (χ0v) is 14.5. The highest BCUT2D eigenvalue weighted by molar-refractivity contribution is 5.84. The van der Waals surface area contributed by atoms with Gasteiger partial charge in [0.2, 0.25) is 0 Å². The molecule has 23 heavy (non-hydrogen) atoms. The Morgan fingerprint density at radius 2 is 2.04 bits per heavy atom. The first kappa shape index (κ1) is 19.0. The van der Waals surface area contributed by atoms with Crippen molar-refractivity contribution in [3.63, 3.8) is 0 Å². The molecule has 128 valence electrons. The summed E-state index contributed by atoms with van der Waals surface area (Å²) in [5.41, 5.74) is -0.131. The van der Waals surface area contributed by atoms with E-state index in [1.807, 2.05) is 13.0 Å². The van der Waals surface area contributed by atoms with Crippen LogP contribution in [-0.2, 0) is 14.3 Å². The van der Waals surface area contributed by atoms with Gasteiger partial charge in [0, 0.05) is 0 Å². The molecule has 1 unspecified atom stereocenters. The molecule has 0 aromatic heterocycles. The van der Waals surface area contributed by atoms with Gasteiger partial charge in [-0.05, 0) is 50.5 Å². The van der Waals surface area contributed by atoms with Crippen LogP contribution in [0.4, 0.5) is 4.79 Å². The molecule has 1 amide bonds. The van der Waals surface area contributed by atoms with Crippen molar-refractivity contribution in [1.82, 2.24) is 5.32 Å². The first-order valence-corrected chi connectivity index (χ1v) is 7.87. The van der Waals surface area contributed by atoms with E-state index in [0.717, 1.165) is 12.0 Å². The van der Waals surface area contributed by atoms with Crippen LogP contribution in [-0.4, -0.2) is 30.8 Å². The van der Waals surface area contributed by atoms with Crippen LogP contribution in [0.5, 0.6) is 0 Å². The molecule has 0 aliphatic heterocycles. The van der Waals surface area contributed by atoms with E-state index in [-0.39, 0.29) is 13.2 Å². The number of alkyl carbamates (subject to hydrolysis) is 1. The van der Waals surface area contributed by atoms with Gasteiger partial charge in [-0.25, -0.2) is 9.59 Å². The first-order valence-electron chi connectivity index (χ1n) is 7.87. The second-order valence-corrected chi connectivity index (χ2v) is 6.67. The Balaban J connectivity index is 2.44. The van der Waals surface area contributed by atoms with Crippen molar-refractivity contribution in [2.45, 2.75) is 46.6 Å². The highest BCUT2D eigenvalue weighted by Crippen LogP contribution is 2.48. The van der Waals surface area contributed by atoms with E-state index < -0.39 is 17.6 Å². The quantitative estimate of drug-likeness (QED) is 0.575. The molecule has 0 heterocycles. The standard InChI is InChI=1S/C17H26N2O4/c1-6-12(14-9-13(14)11(2)3)10-23-16(21)19-17(4,5)15(20)22-8-7-18/h6,11,13-14H,8-10H2,1-5H3,(H,19,21)/t13-,14?/m0/s1. The highest BCUT2D eigenvalue weighted by Gasteiger charge is 2.41. The predicted octanol–water partition coefficient (Wildman–Crippen LogP) is 2.80. The molecule has 1 N–H and O–H groups in total. The van der Waals surface area contributed by atoms with Gasteiger partial charge in [0.05, 0.1) is 0 Å². The monoisotopic (exact) mass is 322 g/mol. The van der Waals surface area contributed by atoms with Crippen molar-refractivity contribution in [3.8, 4) is 6.07 Å². The number of nitrogens with zero attached hydrogens (tertiary/aromatic N) is 1. The summed E-state index contributed by atoms with van der Waals surface area (Å²) < 4.78 is 9.93. The molecular weight excluding hydrogens is 296 g/mol. The second kappa shape index (κ2) is 8.00.